The van der Waals surface area contributed by atoms with Crippen LogP contribution in [-0.4, -0.2) is 39.5 Å². The van der Waals surface area contributed by atoms with E-state index in [0.29, 0.717) is 43.4 Å². The summed E-state index contributed by atoms with van der Waals surface area (Å²) >= 11 is 1.34. The number of carbonyl (C=O) groups excluding carboxylic acids is 1. The Hall–Kier alpha value is -1.54. The van der Waals surface area contributed by atoms with Gasteiger partial charge in [-0.1, -0.05) is 24.3 Å². The monoisotopic (exact) mass is 411 g/mol. The molecule has 1 aromatic heterocycles. The van der Waals surface area contributed by atoms with Crippen molar-refractivity contribution in [2.45, 2.75) is 63.3 Å². The van der Waals surface area contributed by atoms with E-state index in [1.54, 1.807) is 17.5 Å². The maximum atomic E-state index is 13.4. The summed E-state index contributed by atoms with van der Waals surface area (Å²) in [5.74, 6) is -0.912. The Morgan fingerprint density at radius 2 is 2.14 bits per heavy atom. The van der Waals surface area contributed by atoms with E-state index in [0.717, 1.165) is 6.42 Å². The largest absolute Gasteiger partial charge is 0.393 e. The first-order valence-corrected chi connectivity index (χ1v) is 10.6. The van der Waals surface area contributed by atoms with Crippen molar-refractivity contribution in [3.05, 3.63) is 46.4 Å². The molecule has 1 amide bonds. The number of aliphatic hydroxyl groups is 3. The summed E-state index contributed by atoms with van der Waals surface area (Å²) in [6.07, 6.45) is 8.95. The highest BCUT2D eigenvalue weighted by Crippen LogP contribution is 2.36. The molecular formula is C21H30FNO4S. The lowest BCUT2D eigenvalue weighted by Crippen LogP contribution is -2.20. The van der Waals surface area contributed by atoms with E-state index in [4.69, 9.17) is 5.73 Å². The average Bonchev–Trinajstić information content (AvgIpc) is 3.16. The molecule has 0 spiro atoms. The standard InChI is InChI=1S/C21H30FNO4S/c22-17-11-12-28-20(17)10-8-14(24)7-9-16-15(18(25)13-19(16)26)5-3-1-2-4-6-21(23)27/h1,3,7,9,11-12,14-16,18-19,24-26H,2,4-6,8,10,13H2,(H2,23,27)/b3-1-,9-7+/t14-,15-,16-,18+,19-/m1/s1. The SMILES string of the molecule is NC(=O)CCC/C=C\C[C@@H]1[C@@H](/C=C/[C@@H](O)CCc2sccc2F)[C@H](O)C[C@@H]1O. The van der Waals surface area contributed by atoms with Crippen LogP contribution in [0.2, 0.25) is 0 Å². The highest BCUT2D eigenvalue weighted by Gasteiger charge is 2.39. The molecule has 7 heteroatoms. The van der Waals surface area contributed by atoms with Crippen molar-refractivity contribution < 1.29 is 24.5 Å². The maximum absolute atomic E-state index is 13.4. The zero-order valence-corrected chi connectivity index (χ0v) is 16.7. The lowest BCUT2D eigenvalue weighted by atomic mass is 9.89. The molecule has 156 valence electrons. The fourth-order valence-corrected chi connectivity index (χ4v) is 4.38. The number of aliphatic hydroxyl groups excluding tert-OH is 3. The number of rotatable bonds is 11. The van der Waals surface area contributed by atoms with E-state index in [1.165, 1.54) is 17.4 Å². The lowest BCUT2D eigenvalue weighted by molar-refractivity contribution is -0.118. The van der Waals surface area contributed by atoms with Crippen molar-refractivity contribution in [2.24, 2.45) is 17.6 Å². The van der Waals surface area contributed by atoms with Gasteiger partial charge in [-0.25, -0.2) is 4.39 Å². The molecule has 1 fully saturated rings. The molecule has 1 aliphatic rings. The fraction of sp³-hybridized carbons (Fsp3) is 0.571. The van der Waals surface area contributed by atoms with Crippen LogP contribution in [-0.2, 0) is 11.2 Å². The van der Waals surface area contributed by atoms with E-state index < -0.39 is 18.3 Å². The van der Waals surface area contributed by atoms with Crippen molar-refractivity contribution in [1.82, 2.24) is 0 Å². The van der Waals surface area contributed by atoms with Gasteiger partial charge in [-0.2, -0.15) is 0 Å². The zero-order chi connectivity index (χ0) is 20.5. The van der Waals surface area contributed by atoms with Crippen LogP contribution in [0.5, 0.6) is 0 Å². The number of unbranched alkanes of at least 4 members (excludes halogenated alkanes) is 1. The number of nitrogens with two attached hydrogens (primary N) is 1. The summed E-state index contributed by atoms with van der Waals surface area (Å²) in [6.45, 7) is 0. The third-order valence-corrected chi connectivity index (χ3v) is 6.15. The topological polar surface area (TPSA) is 104 Å². The number of allylic oxidation sites excluding steroid dienone is 2. The molecule has 0 aromatic carbocycles. The van der Waals surface area contributed by atoms with Gasteiger partial charge in [0.2, 0.25) is 5.91 Å². The van der Waals surface area contributed by atoms with Gasteiger partial charge in [-0.3, -0.25) is 4.79 Å². The van der Waals surface area contributed by atoms with Crippen LogP contribution >= 0.6 is 11.3 Å². The van der Waals surface area contributed by atoms with Crippen LogP contribution in [0.4, 0.5) is 4.39 Å². The minimum absolute atomic E-state index is 0.124. The van der Waals surface area contributed by atoms with Crippen LogP contribution < -0.4 is 5.73 Å². The zero-order valence-electron chi connectivity index (χ0n) is 15.9. The quantitative estimate of drug-likeness (QED) is 0.332. The van der Waals surface area contributed by atoms with Crippen LogP contribution in [0.3, 0.4) is 0 Å². The van der Waals surface area contributed by atoms with Crippen LogP contribution in [0.15, 0.2) is 35.8 Å². The Labute approximate surface area is 169 Å². The van der Waals surface area contributed by atoms with E-state index in [1.807, 2.05) is 12.2 Å². The fourth-order valence-electron chi connectivity index (χ4n) is 3.61. The van der Waals surface area contributed by atoms with E-state index >= 15 is 0 Å². The maximum Gasteiger partial charge on any atom is 0.217 e. The second-order valence-corrected chi connectivity index (χ2v) is 8.36. The molecule has 28 heavy (non-hydrogen) atoms. The van der Waals surface area contributed by atoms with Crippen LogP contribution in [0, 0.1) is 17.7 Å². The summed E-state index contributed by atoms with van der Waals surface area (Å²) in [6, 6.07) is 1.42. The highest BCUT2D eigenvalue weighted by atomic mass is 32.1. The Balaban J connectivity index is 1.82. The number of halogens is 1. The van der Waals surface area contributed by atoms with Crippen molar-refractivity contribution in [3.8, 4) is 0 Å². The first-order valence-electron chi connectivity index (χ1n) is 9.76. The first-order chi connectivity index (χ1) is 13.4. The minimum atomic E-state index is -0.726. The molecule has 0 saturated heterocycles. The molecule has 1 aromatic rings. The summed E-state index contributed by atoms with van der Waals surface area (Å²) in [5.41, 5.74) is 5.10. The molecule has 0 radical (unpaired) electrons. The van der Waals surface area contributed by atoms with Gasteiger partial charge in [0.25, 0.3) is 0 Å². The number of thiophene rings is 1. The van der Waals surface area contributed by atoms with Gasteiger partial charge in [-0.15, -0.1) is 11.3 Å². The van der Waals surface area contributed by atoms with Gasteiger partial charge in [0, 0.05) is 23.6 Å². The van der Waals surface area contributed by atoms with E-state index in [-0.39, 0.29) is 23.6 Å². The Bertz CT molecular complexity index is 675. The van der Waals surface area contributed by atoms with Crippen LogP contribution in [0.1, 0.15) is 43.4 Å². The first kappa shape index (κ1) is 22.7. The smallest absolute Gasteiger partial charge is 0.217 e. The molecule has 5 N–H and O–H groups in total. The molecule has 1 heterocycles. The second kappa shape index (κ2) is 11.5. The molecule has 2 rings (SSSR count). The summed E-state index contributed by atoms with van der Waals surface area (Å²) in [4.78, 5) is 11.3. The molecule has 1 saturated carbocycles. The van der Waals surface area contributed by atoms with Crippen molar-refractivity contribution in [3.63, 3.8) is 0 Å². The van der Waals surface area contributed by atoms with Gasteiger partial charge < -0.3 is 21.1 Å². The van der Waals surface area contributed by atoms with Gasteiger partial charge in [0.05, 0.1) is 18.3 Å². The summed E-state index contributed by atoms with van der Waals surface area (Å²) in [7, 11) is 0. The van der Waals surface area contributed by atoms with Crippen LogP contribution in [0.25, 0.3) is 0 Å². The summed E-state index contributed by atoms with van der Waals surface area (Å²) in [5, 5.41) is 32.3. The summed E-state index contributed by atoms with van der Waals surface area (Å²) < 4.78 is 13.4. The van der Waals surface area contributed by atoms with E-state index in [2.05, 4.69) is 0 Å². The highest BCUT2D eigenvalue weighted by molar-refractivity contribution is 7.09. The Morgan fingerprint density at radius 1 is 1.36 bits per heavy atom. The number of hydrogen-bond donors (Lipinski definition) is 4. The number of primary amides is 1. The van der Waals surface area contributed by atoms with Gasteiger partial charge in [0.1, 0.15) is 5.82 Å². The molecule has 0 bridgehead atoms. The van der Waals surface area contributed by atoms with Gasteiger partial charge in [-0.05, 0) is 49.5 Å². The lowest BCUT2D eigenvalue weighted by Gasteiger charge is -2.19. The Kier molecular flexibility index (Phi) is 9.31. The number of hydrogen-bond acceptors (Lipinski definition) is 5. The molecule has 0 aliphatic heterocycles. The predicted octanol–water partition coefficient (Wildman–Crippen LogP) is 2.70. The van der Waals surface area contributed by atoms with Gasteiger partial charge >= 0.3 is 0 Å². The van der Waals surface area contributed by atoms with Crippen molar-refractivity contribution >= 4 is 17.2 Å². The van der Waals surface area contributed by atoms with Gasteiger partial charge in [0.15, 0.2) is 0 Å². The van der Waals surface area contributed by atoms with E-state index in [9.17, 15) is 24.5 Å². The number of carbonyl (C=O) groups is 1. The minimum Gasteiger partial charge on any atom is -0.393 e. The Morgan fingerprint density at radius 3 is 2.82 bits per heavy atom. The predicted molar refractivity (Wildman–Crippen MR) is 108 cm³/mol. The normalized spacial score (nSPS) is 26.4. The second-order valence-electron chi connectivity index (χ2n) is 7.36. The third-order valence-electron chi connectivity index (χ3n) is 5.20. The van der Waals surface area contributed by atoms with Crippen molar-refractivity contribution in [2.75, 3.05) is 0 Å². The molecule has 1 aliphatic carbocycles. The third kappa shape index (κ3) is 7.13. The number of amides is 1. The molecular weight excluding hydrogens is 381 g/mol. The van der Waals surface area contributed by atoms with Crippen molar-refractivity contribution in [1.29, 1.82) is 0 Å². The molecule has 5 nitrogen and oxygen atoms in total. The molecule has 5 atom stereocenters. The number of aryl methyl sites for hydroxylation is 1. The molecule has 0 unspecified atom stereocenters. The average molecular weight is 412 g/mol.